The smallest absolute Gasteiger partial charge is 0.316 e. The van der Waals surface area contributed by atoms with Crippen molar-refractivity contribution in [2.24, 2.45) is 5.73 Å². The highest BCUT2D eigenvalue weighted by molar-refractivity contribution is 5.98. The maximum atomic E-state index is 12.2. The molecular weight excluding hydrogens is 256 g/mol. The first-order valence-corrected chi connectivity index (χ1v) is 6.65. The molecule has 6 heteroatoms. The van der Waals surface area contributed by atoms with Gasteiger partial charge in [-0.1, -0.05) is 0 Å². The summed E-state index contributed by atoms with van der Waals surface area (Å²) in [4.78, 5) is 27.3. The number of nitrogens with two attached hydrogens (primary N) is 1. The van der Waals surface area contributed by atoms with Crippen molar-refractivity contribution >= 4 is 17.5 Å². The SMILES string of the molecule is CN1CCN(CC(=O)c2ccc(NC(N)=O)cc2)CC1. The predicted molar refractivity (Wildman–Crippen MR) is 77.9 cm³/mol. The zero-order valence-corrected chi connectivity index (χ0v) is 11.6. The number of nitrogens with zero attached hydrogens (tertiary/aromatic N) is 2. The molecule has 1 saturated heterocycles. The van der Waals surface area contributed by atoms with Gasteiger partial charge in [0, 0.05) is 37.4 Å². The van der Waals surface area contributed by atoms with E-state index in [1.807, 2.05) is 0 Å². The molecule has 0 saturated carbocycles. The van der Waals surface area contributed by atoms with Crippen LogP contribution in [0.3, 0.4) is 0 Å². The Hall–Kier alpha value is -1.92. The fourth-order valence-electron chi connectivity index (χ4n) is 2.18. The van der Waals surface area contributed by atoms with E-state index in [0.717, 1.165) is 26.2 Å². The van der Waals surface area contributed by atoms with Crippen molar-refractivity contribution in [2.75, 3.05) is 45.1 Å². The van der Waals surface area contributed by atoms with Crippen LogP contribution in [0.1, 0.15) is 10.4 Å². The normalized spacial score (nSPS) is 16.9. The molecule has 3 N–H and O–H groups in total. The Balaban J connectivity index is 1.90. The summed E-state index contributed by atoms with van der Waals surface area (Å²) in [5, 5.41) is 2.47. The number of urea groups is 1. The van der Waals surface area contributed by atoms with Gasteiger partial charge in [-0.3, -0.25) is 9.69 Å². The number of ketones is 1. The van der Waals surface area contributed by atoms with Crippen LogP contribution >= 0.6 is 0 Å². The van der Waals surface area contributed by atoms with E-state index in [-0.39, 0.29) is 5.78 Å². The van der Waals surface area contributed by atoms with E-state index in [4.69, 9.17) is 5.73 Å². The molecule has 0 atom stereocenters. The Morgan fingerprint density at radius 1 is 1.15 bits per heavy atom. The topological polar surface area (TPSA) is 78.7 Å². The summed E-state index contributed by atoms with van der Waals surface area (Å²) in [5.74, 6) is 0.0974. The lowest BCUT2D eigenvalue weighted by atomic mass is 10.1. The van der Waals surface area contributed by atoms with Crippen molar-refractivity contribution < 1.29 is 9.59 Å². The van der Waals surface area contributed by atoms with E-state index in [0.29, 0.717) is 17.8 Å². The lowest BCUT2D eigenvalue weighted by Gasteiger charge is -2.31. The zero-order chi connectivity index (χ0) is 14.5. The Morgan fingerprint density at radius 2 is 1.75 bits per heavy atom. The average molecular weight is 276 g/mol. The number of nitrogens with one attached hydrogen (secondary N) is 1. The Morgan fingerprint density at radius 3 is 2.30 bits per heavy atom. The molecule has 1 fully saturated rings. The van der Waals surface area contributed by atoms with Gasteiger partial charge in [0.25, 0.3) is 0 Å². The molecule has 1 aromatic carbocycles. The molecule has 0 unspecified atom stereocenters. The lowest BCUT2D eigenvalue weighted by molar-refractivity contribution is 0.0876. The Kier molecular flexibility index (Phi) is 4.70. The van der Waals surface area contributed by atoms with E-state index in [1.165, 1.54) is 0 Å². The van der Waals surface area contributed by atoms with Crippen LogP contribution in [0.25, 0.3) is 0 Å². The number of rotatable bonds is 4. The van der Waals surface area contributed by atoms with Gasteiger partial charge in [-0.2, -0.15) is 0 Å². The van der Waals surface area contributed by atoms with Crippen LogP contribution in [0.4, 0.5) is 10.5 Å². The molecule has 108 valence electrons. The van der Waals surface area contributed by atoms with Crippen molar-refractivity contribution in [2.45, 2.75) is 0 Å². The minimum absolute atomic E-state index is 0.0974. The number of hydrogen-bond acceptors (Lipinski definition) is 4. The number of hydrogen-bond donors (Lipinski definition) is 2. The highest BCUT2D eigenvalue weighted by atomic mass is 16.2. The molecular formula is C14H20N4O2. The first-order chi connectivity index (χ1) is 9.54. The fraction of sp³-hybridized carbons (Fsp3) is 0.429. The maximum Gasteiger partial charge on any atom is 0.316 e. The molecule has 6 nitrogen and oxygen atoms in total. The van der Waals surface area contributed by atoms with Gasteiger partial charge in [-0.15, -0.1) is 0 Å². The van der Waals surface area contributed by atoms with Crippen LogP contribution in [0, 0.1) is 0 Å². The minimum Gasteiger partial charge on any atom is -0.351 e. The number of benzene rings is 1. The van der Waals surface area contributed by atoms with Crippen molar-refractivity contribution in [3.63, 3.8) is 0 Å². The number of carbonyl (C=O) groups excluding carboxylic acids is 2. The average Bonchev–Trinajstić information content (AvgIpc) is 2.41. The second kappa shape index (κ2) is 6.49. The second-order valence-electron chi connectivity index (χ2n) is 5.07. The van der Waals surface area contributed by atoms with Crippen LogP contribution in [0.5, 0.6) is 0 Å². The molecule has 1 heterocycles. The summed E-state index contributed by atoms with van der Waals surface area (Å²) in [6, 6.07) is 6.18. The van der Waals surface area contributed by atoms with Crippen molar-refractivity contribution in [3.8, 4) is 0 Å². The van der Waals surface area contributed by atoms with Gasteiger partial charge in [0.15, 0.2) is 5.78 Å². The number of anilines is 1. The number of primary amides is 1. The molecule has 0 radical (unpaired) electrons. The molecule has 1 aromatic rings. The van der Waals surface area contributed by atoms with Crippen LogP contribution in [-0.4, -0.2) is 61.4 Å². The van der Waals surface area contributed by atoms with E-state index in [1.54, 1.807) is 24.3 Å². The van der Waals surface area contributed by atoms with Crippen molar-refractivity contribution in [1.82, 2.24) is 9.80 Å². The molecule has 2 amide bonds. The molecule has 0 bridgehead atoms. The third kappa shape index (κ3) is 4.04. The molecule has 1 aliphatic rings. The number of carbonyl (C=O) groups is 2. The largest absolute Gasteiger partial charge is 0.351 e. The number of likely N-dealkylation sites (N-methyl/N-ethyl adjacent to an activating group) is 1. The van der Waals surface area contributed by atoms with E-state index < -0.39 is 6.03 Å². The second-order valence-corrected chi connectivity index (χ2v) is 5.07. The first kappa shape index (κ1) is 14.5. The zero-order valence-electron chi connectivity index (χ0n) is 11.6. The number of Topliss-reactive ketones (excluding diaryl/α,β-unsaturated/α-hetero) is 1. The summed E-state index contributed by atoms with van der Waals surface area (Å²) < 4.78 is 0. The van der Waals surface area contributed by atoms with Gasteiger partial charge in [0.1, 0.15) is 0 Å². The summed E-state index contributed by atoms with van der Waals surface area (Å²) >= 11 is 0. The van der Waals surface area contributed by atoms with Gasteiger partial charge in [0.2, 0.25) is 0 Å². The Bertz CT molecular complexity index is 478. The van der Waals surface area contributed by atoms with Crippen molar-refractivity contribution in [1.29, 1.82) is 0 Å². The molecule has 0 spiro atoms. The third-order valence-corrected chi connectivity index (χ3v) is 3.44. The summed E-state index contributed by atoms with van der Waals surface area (Å²) in [6.07, 6.45) is 0. The standard InChI is InChI=1S/C14H20N4O2/c1-17-6-8-18(9-7-17)10-13(19)11-2-4-12(5-3-11)16-14(15)20/h2-5H,6-10H2,1H3,(H3,15,16,20). The van der Waals surface area contributed by atoms with E-state index >= 15 is 0 Å². The van der Waals surface area contributed by atoms with Gasteiger partial charge < -0.3 is 16.0 Å². The quantitative estimate of drug-likeness (QED) is 0.790. The van der Waals surface area contributed by atoms with Gasteiger partial charge in [-0.05, 0) is 31.3 Å². The molecule has 1 aliphatic heterocycles. The molecule has 0 aliphatic carbocycles. The predicted octanol–water partition coefficient (Wildman–Crippen LogP) is 0.607. The van der Waals surface area contributed by atoms with Gasteiger partial charge >= 0.3 is 6.03 Å². The van der Waals surface area contributed by atoms with Crippen LogP contribution in [-0.2, 0) is 0 Å². The first-order valence-electron chi connectivity index (χ1n) is 6.65. The molecule has 20 heavy (non-hydrogen) atoms. The highest BCUT2D eigenvalue weighted by Gasteiger charge is 2.17. The number of piperazine rings is 1. The van der Waals surface area contributed by atoms with Gasteiger partial charge in [-0.25, -0.2) is 4.79 Å². The summed E-state index contributed by atoms with van der Waals surface area (Å²) in [6.45, 7) is 4.27. The third-order valence-electron chi connectivity index (χ3n) is 3.44. The van der Waals surface area contributed by atoms with Gasteiger partial charge in [0.05, 0.1) is 6.54 Å². The monoisotopic (exact) mass is 276 g/mol. The minimum atomic E-state index is -0.610. The van der Waals surface area contributed by atoms with Crippen LogP contribution in [0.2, 0.25) is 0 Å². The van der Waals surface area contributed by atoms with E-state index in [9.17, 15) is 9.59 Å². The molecule has 0 aromatic heterocycles. The fourth-order valence-corrected chi connectivity index (χ4v) is 2.18. The maximum absolute atomic E-state index is 12.2. The summed E-state index contributed by atoms with van der Waals surface area (Å²) in [5.41, 5.74) is 6.27. The lowest BCUT2D eigenvalue weighted by Crippen LogP contribution is -2.46. The van der Waals surface area contributed by atoms with Crippen LogP contribution in [0.15, 0.2) is 24.3 Å². The van der Waals surface area contributed by atoms with Crippen molar-refractivity contribution in [3.05, 3.63) is 29.8 Å². The summed E-state index contributed by atoms with van der Waals surface area (Å²) in [7, 11) is 2.09. The van der Waals surface area contributed by atoms with Crippen LogP contribution < -0.4 is 11.1 Å². The molecule has 2 rings (SSSR count). The Labute approximate surface area is 118 Å². The number of amides is 2. The van der Waals surface area contributed by atoms with E-state index in [2.05, 4.69) is 22.2 Å². The highest BCUT2D eigenvalue weighted by Crippen LogP contribution is 2.11.